The Morgan fingerprint density at radius 1 is 1.10 bits per heavy atom. The summed E-state index contributed by atoms with van der Waals surface area (Å²) in [6, 6.07) is 6.19. The van der Waals surface area contributed by atoms with Gasteiger partial charge in [0.05, 0.1) is 6.54 Å². The summed E-state index contributed by atoms with van der Waals surface area (Å²) in [4.78, 5) is 11.8. The van der Waals surface area contributed by atoms with Crippen molar-refractivity contribution in [3.63, 3.8) is 0 Å². The van der Waals surface area contributed by atoms with Gasteiger partial charge in [-0.1, -0.05) is 24.3 Å². The van der Waals surface area contributed by atoms with E-state index in [1.54, 1.807) is 18.2 Å². The van der Waals surface area contributed by atoms with E-state index < -0.39 is 5.92 Å². The second kappa shape index (κ2) is 6.92. The third-order valence-corrected chi connectivity index (χ3v) is 2.86. The van der Waals surface area contributed by atoms with E-state index >= 15 is 0 Å². The molecule has 0 saturated heterocycles. The maximum Gasteiger partial charge on any atom is 0.270 e. The van der Waals surface area contributed by atoms with Crippen molar-refractivity contribution in [2.45, 2.75) is 19.4 Å². The fraction of sp³-hybridized carbons (Fsp3) is 0.357. The number of alkyl halides is 2. The zero-order chi connectivity index (χ0) is 16.0. The first-order chi connectivity index (χ1) is 9.81. The van der Waals surface area contributed by atoms with E-state index in [1.807, 2.05) is 0 Å². The van der Waals surface area contributed by atoms with E-state index in [9.17, 15) is 8.78 Å². The minimum absolute atomic E-state index is 0.0153. The van der Waals surface area contributed by atoms with Gasteiger partial charge in [-0.25, -0.2) is 8.78 Å². The monoisotopic (exact) mass is 295 g/mol. The van der Waals surface area contributed by atoms with Crippen molar-refractivity contribution in [3.05, 3.63) is 35.4 Å². The van der Waals surface area contributed by atoms with Crippen molar-refractivity contribution in [2.75, 3.05) is 14.1 Å². The summed E-state index contributed by atoms with van der Waals surface area (Å²) in [5, 5.41) is 0. The van der Waals surface area contributed by atoms with Crippen molar-refractivity contribution in [1.82, 2.24) is 0 Å². The molecule has 0 fully saturated rings. The number of amidine groups is 2. The van der Waals surface area contributed by atoms with E-state index in [0.717, 1.165) is 6.92 Å². The maximum absolute atomic E-state index is 13.5. The van der Waals surface area contributed by atoms with Crippen molar-refractivity contribution in [2.24, 2.45) is 26.4 Å². The summed E-state index contributed by atoms with van der Waals surface area (Å²) < 4.78 is 27.0. The molecule has 1 aromatic carbocycles. The summed E-state index contributed by atoms with van der Waals surface area (Å²) >= 11 is 0. The number of nitrogens with zero attached hydrogens (tertiary/aromatic N) is 3. The van der Waals surface area contributed by atoms with E-state index in [2.05, 4.69) is 15.0 Å². The molecule has 0 aromatic heterocycles. The molecule has 21 heavy (non-hydrogen) atoms. The molecule has 0 radical (unpaired) electrons. The number of halogens is 2. The number of hydrogen-bond acceptors (Lipinski definition) is 3. The molecule has 0 unspecified atom stereocenters. The molecular weight excluding hydrogens is 276 g/mol. The van der Waals surface area contributed by atoms with Crippen LogP contribution in [-0.2, 0) is 12.5 Å². The molecule has 0 heterocycles. The highest BCUT2D eigenvalue weighted by atomic mass is 19.3. The Hall–Kier alpha value is -2.31. The minimum Gasteiger partial charge on any atom is -0.382 e. The van der Waals surface area contributed by atoms with Gasteiger partial charge in [0.25, 0.3) is 5.92 Å². The van der Waals surface area contributed by atoms with Gasteiger partial charge < -0.3 is 11.5 Å². The first-order valence-corrected chi connectivity index (χ1v) is 6.27. The van der Waals surface area contributed by atoms with Gasteiger partial charge in [0, 0.05) is 26.6 Å². The summed E-state index contributed by atoms with van der Waals surface area (Å²) in [7, 11) is 3.00. The Morgan fingerprint density at radius 3 is 2.24 bits per heavy atom. The Kier molecular flexibility index (Phi) is 5.52. The van der Waals surface area contributed by atoms with Gasteiger partial charge >= 0.3 is 0 Å². The lowest BCUT2D eigenvalue weighted by atomic mass is 10.0. The lowest BCUT2D eigenvalue weighted by molar-refractivity contribution is 0.0166. The average Bonchev–Trinajstić information content (AvgIpc) is 2.44. The summed E-state index contributed by atoms with van der Waals surface area (Å²) in [5.74, 6) is -2.73. The zero-order valence-corrected chi connectivity index (χ0v) is 12.3. The molecule has 0 bridgehead atoms. The SMILES string of the molecule is CN=C(N)C(=NC)C(N)=NCc1ccccc1C(C)(F)F. The van der Waals surface area contributed by atoms with Crippen LogP contribution >= 0.6 is 0 Å². The first-order valence-electron chi connectivity index (χ1n) is 6.27. The highest BCUT2D eigenvalue weighted by Gasteiger charge is 2.26. The molecule has 0 aliphatic carbocycles. The molecule has 1 aromatic rings. The van der Waals surface area contributed by atoms with Crippen molar-refractivity contribution in [3.8, 4) is 0 Å². The number of aliphatic imine (C=N–C) groups is 3. The molecule has 4 N–H and O–H groups in total. The van der Waals surface area contributed by atoms with Crippen LogP contribution in [0.1, 0.15) is 18.1 Å². The van der Waals surface area contributed by atoms with Crippen molar-refractivity contribution < 1.29 is 8.78 Å². The van der Waals surface area contributed by atoms with Crippen LogP contribution in [0.3, 0.4) is 0 Å². The molecule has 114 valence electrons. The summed E-state index contributed by atoms with van der Waals surface area (Å²) in [6.07, 6.45) is 0. The van der Waals surface area contributed by atoms with E-state index in [4.69, 9.17) is 11.5 Å². The average molecular weight is 295 g/mol. The van der Waals surface area contributed by atoms with Gasteiger partial charge in [0.2, 0.25) is 0 Å². The van der Waals surface area contributed by atoms with E-state index in [0.29, 0.717) is 5.56 Å². The summed E-state index contributed by atoms with van der Waals surface area (Å²) in [6.45, 7) is 0.862. The number of nitrogens with two attached hydrogens (primary N) is 2. The fourth-order valence-electron chi connectivity index (χ4n) is 1.80. The Bertz CT molecular complexity index is 585. The lowest BCUT2D eigenvalue weighted by Gasteiger charge is -2.14. The normalized spacial score (nSPS) is 14.4. The smallest absolute Gasteiger partial charge is 0.270 e. The van der Waals surface area contributed by atoms with Crippen molar-refractivity contribution >= 4 is 17.4 Å². The molecule has 7 heteroatoms. The van der Waals surface area contributed by atoms with Gasteiger partial charge in [0.15, 0.2) is 0 Å². The molecule has 0 amide bonds. The van der Waals surface area contributed by atoms with Gasteiger partial charge in [-0.05, 0) is 5.56 Å². The van der Waals surface area contributed by atoms with Gasteiger partial charge in [-0.2, -0.15) is 0 Å². The molecule has 0 spiro atoms. The van der Waals surface area contributed by atoms with Crippen LogP contribution in [0.5, 0.6) is 0 Å². The van der Waals surface area contributed by atoms with Crippen LogP contribution in [0.15, 0.2) is 39.2 Å². The fourth-order valence-corrected chi connectivity index (χ4v) is 1.80. The Morgan fingerprint density at radius 2 is 1.71 bits per heavy atom. The predicted molar refractivity (Wildman–Crippen MR) is 82.2 cm³/mol. The first kappa shape index (κ1) is 16.7. The Balaban J connectivity index is 3.06. The molecule has 0 aliphatic heterocycles. The third kappa shape index (κ3) is 4.34. The van der Waals surface area contributed by atoms with Gasteiger partial charge in [-0.3, -0.25) is 15.0 Å². The number of benzene rings is 1. The van der Waals surface area contributed by atoms with Gasteiger partial charge in [0.1, 0.15) is 17.4 Å². The maximum atomic E-state index is 13.5. The van der Waals surface area contributed by atoms with Crippen molar-refractivity contribution in [1.29, 1.82) is 0 Å². The van der Waals surface area contributed by atoms with Crippen LogP contribution in [-0.4, -0.2) is 31.5 Å². The topological polar surface area (TPSA) is 89.1 Å². The lowest BCUT2D eigenvalue weighted by Crippen LogP contribution is -2.36. The molecule has 0 atom stereocenters. The molecule has 1 rings (SSSR count). The van der Waals surface area contributed by atoms with Crippen LogP contribution in [0, 0.1) is 0 Å². The number of hydrogen-bond donors (Lipinski definition) is 2. The van der Waals surface area contributed by atoms with E-state index in [-0.39, 0.29) is 29.5 Å². The van der Waals surface area contributed by atoms with Crippen LogP contribution in [0.25, 0.3) is 0 Å². The van der Waals surface area contributed by atoms with E-state index in [1.165, 1.54) is 20.2 Å². The van der Waals surface area contributed by atoms with Gasteiger partial charge in [-0.15, -0.1) is 0 Å². The van der Waals surface area contributed by atoms with Crippen LogP contribution in [0.2, 0.25) is 0 Å². The molecule has 5 nitrogen and oxygen atoms in total. The second-order valence-corrected chi connectivity index (χ2v) is 4.43. The second-order valence-electron chi connectivity index (χ2n) is 4.43. The molecular formula is C14H19F2N5. The standard InChI is InChI=1S/C14H19F2N5/c1-14(15,16)10-7-5-4-6-9(10)8-21-13(18)11(19-2)12(17)20-3/h4-7H,8H2,1-3H3,(H2,17,20)(H2,18,21). The van der Waals surface area contributed by atoms with Crippen LogP contribution in [0.4, 0.5) is 8.78 Å². The molecule has 0 aliphatic rings. The quantitative estimate of drug-likeness (QED) is 0.639. The predicted octanol–water partition coefficient (Wildman–Crippen LogP) is 1.71. The Labute approximate surface area is 122 Å². The minimum atomic E-state index is -2.94. The highest BCUT2D eigenvalue weighted by Crippen LogP contribution is 2.30. The largest absolute Gasteiger partial charge is 0.382 e. The van der Waals surface area contributed by atoms with Crippen LogP contribution < -0.4 is 11.5 Å². The summed E-state index contributed by atoms with van der Waals surface area (Å²) in [5.41, 5.74) is 12.0. The zero-order valence-electron chi connectivity index (χ0n) is 12.3. The third-order valence-electron chi connectivity index (χ3n) is 2.86. The number of rotatable bonds is 5. The highest BCUT2D eigenvalue weighted by molar-refractivity contribution is 6.67. The molecule has 0 saturated carbocycles.